The predicted octanol–water partition coefficient (Wildman–Crippen LogP) is 3.06. The Balaban J connectivity index is 1.88. The minimum absolute atomic E-state index is 0.0274. The molecule has 0 spiro atoms. The average Bonchev–Trinajstić information content (AvgIpc) is 2.55. The van der Waals surface area contributed by atoms with Gasteiger partial charge in [-0.05, 0) is 42.0 Å². The van der Waals surface area contributed by atoms with Crippen LogP contribution < -0.4 is 5.32 Å². The lowest BCUT2D eigenvalue weighted by Gasteiger charge is -2.34. The van der Waals surface area contributed by atoms with Gasteiger partial charge in [-0.25, -0.2) is 0 Å². The van der Waals surface area contributed by atoms with Crippen LogP contribution in [-0.4, -0.2) is 24.2 Å². The summed E-state index contributed by atoms with van der Waals surface area (Å²) < 4.78 is 0. The maximum atomic E-state index is 10.7. The van der Waals surface area contributed by atoms with E-state index in [2.05, 4.69) is 53.8 Å². The molecule has 3 heteroatoms. The van der Waals surface area contributed by atoms with E-state index in [1.807, 2.05) is 6.07 Å². The van der Waals surface area contributed by atoms with Crippen molar-refractivity contribution in [2.45, 2.75) is 18.8 Å². The van der Waals surface area contributed by atoms with Crippen LogP contribution >= 0.6 is 0 Å². The molecule has 1 aliphatic carbocycles. The summed E-state index contributed by atoms with van der Waals surface area (Å²) in [5.74, 6) is -0.0310. The van der Waals surface area contributed by atoms with Crippen molar-refractivity contribution < 1.29 is 9.90 Å². The molecule has 2 aromatic carbocycles. The summed E-state index contributed by atoms with van der Waals surface area (Å²) in [6.07, 6.45) is 2.15. The van der Waals surface area contributed by atoms with Crippen LogP contribution in [0.3, 0.4) is 0 Å². The fraction of sp³-hybridized carbons (Fsp3) is 0.316. The van der Waals surface area contributed by atoms with Crippen LogP contribution in [0.25, 0.3) is 0 Å². The van der Waals surface area contributed by atoms with Crippen molar-refractivity contribution in [1.29, 1.82) is 0 Å². The highest BCUT2D eigenvalue weighted by molar-refractivity contribution is 5.69. The number of carbonyl (C=O) groups is 1. The number of fused-ring (bicyclic) bond motifs is 1. The minimum atomic E-state index is -0.799. The Morgan fingerprint density at radius 1 is 1.09 bits per heavy atom. The molecule has 0 saturated heterocycles. The highest BCUT2D eigenvalue weighted by Crippen LogP contribution is 2.40. The normalized spacial score (nSPS) is 20.4. The van der Waals surface area contributed by atoms with Crippen molar-refractivity contribution >= 4 is 5.97 Å². The van der Waals surface area contributed by atoms with Gasteiger partial charge in [-0.2, -0.15) is 0 Å². The molecule has 3 rings (SSSR count). The van der Waals surface area contributed by atoms with Crippen LogP contribution in [0.2, 0.25) is 0 Å². The zero-order chi connectivity index (χ0) is 15.4. The van der Waals surface area contributed by atoms with Crippen molar-refractivity contribution in [3.8, 4) is 0 Å². The Bertz CT molecular complexity index is 639. The lowest BCUT2D eigenvalue weighted by Crippen LogP contribution is -2.34. The van der Waals surface area contributed by atoms with E-state index >= 15 is 0 Å². The van der Waals surface area contributed by atoms with E-state index in [0.29, 0.717) is 11.8 Å². The first kappa shape index (κ1) is 14.8. The minimum Gasteiger partial charge on any atom is -0.480 e. The SMILES string of the molecule is O=C(O)CNCC1CCc2ccccc2C1c1ccccc1. The van der Waals surface area contributed by atoms with Crippen LogP contribution in [-0.2, 0) is 11.2 Å². The Labute approximate surface area is 131 Å². The average molecular weight is 295 g/mol. The van der Waals surface area contributed by atoms with E-state index in [9.17, 15) is 4.79 Å². The molecule has 0 fully saturated rings. The monoisotopic (exact) mass is 295 g/mol. The van der Waals surface area contributed by atoms with E-state index in [4.69, 9.17) is 5.11 Å². The first-order chi connectivity index (χ1) is 10.8. The van der Waals surface area contributed by atoms with E-state index in [0.717, 1.165) is 19.4 Å². The second-order valence-corrected chi connectivity index (χ2v) is 5.91. The second kappa shape index (κ2) is 6.75. The molecular formula is C19H21NO2. The number of carboxylic acids is 1. The lowest BCUT2D eigenvalue weighted by atomic mass is 9.72. The van der Waals surface area contributed by atoms with Gasteiger partial charge in [0, 0.05) is 5.92 Å². The maximum Gasteiger partial charge on any atom is 0.317 e. The third kappa shape index (κ3) is 3.20. The largest absolute Gasteiger partial charge is 0.480 e. The number of aliphatic carboxylic acids is 1. The second-order valence-electron chi connectivity index (χ2n) is 5.91. The molecule has 0 radical (unpaired) electrons. The molecule has 2 unspecified atom stereocenters. The van der Waals surface area contributed by atoms with Crippen LogP contribution in [0.5, 0.6) is 0 Å². The number of benzene rings is 2. The van der Waals surface area contributed by atoms with Crippen molar-refractivity contribution in [3.63, 3.8) is 0 Å². The van der Waals surface area contributed by atoms with E-state index in [1.165, 1.54) is 16.7 Å². The lowest BCUT2D eigenvalue weighted by molar-refractivity contribution is -0.136. The zero-order valence-corrected chi connectivity index (χ0v) is 12.5. The molecule has 0 heterocycles. The van der Waals surface area contributed by atoms with Gasteiger partial charge in [0.2, 0.25) is 0 Å². The highest BCUT2D eigenvalue weighted by Gasteiger charge is 2.30. The topological polar surface area (TPSA) is 49.3 Å². The van der Waals surface area contributed by atoms with Crippen LogP contribution in [0.1, 0.15) is 29.0 Å². The summed E-state index contributed by atoms with van der Waals surface area (Å²) in [7, 11) is 0. The molecule has 0 bridgehead atoms. The molecule has 114 valence electrons. The van der Waals surface area contributed by atoms with Gasteiger partial charge in [-0.15, -0.1) is 0 Å². The fourth-order valence-corrected chi connectivity index (χ4v) is 3.52. The molecule has 0 saturated carbocycles. The molecule has 3 nitrogen and oxygen atoms in total. The van der Waals surface area contributed by atoms with E-state index < -0.39 is 5.97 Å². The van der Waals surface area contributed by atoms with Gasteiger partial charge >= 0.3 is 5.97 Å². The standard InChI is InChI=1S/C19H21NO2/c21-18(22)13-20-12-16-11-10-14-6-4-5-9-17(14)19(16)15-7-2-1-3-8-15/h1-9,16,19-20H,10-13H2,(H,21,22). The summed E-state index contributed by atoms with van der Waals surface area (Å²) >= 11 is 0. The maximum absolute atomic E-state index is 10.7. The van der Waals surface area contributed by atoms with Crippen LogP contribution in [0, 0.1) is 5.92 Å². The molecule has 0 aromatic heterocycles. The van der Waals surface area contributed by atoms with Crippen LogP contribution in [0.4, 0.5) is 0 Å². The number of aryl methyl sites for hydroxylation is 1. The number of nitrogens with one attached hydrogen (secondary N) is 1. The van der Waals surface area contributed by atoms with E-state index in [1.54, 1.807) is 0 Å². The van der Waals surface area contributed by atoms with Gasteiger partial charge in [-0.3, -0.25) is 4.79 Å². The Kier molecular flexibility index (Phi) is 4.54. The quantitative estimate of drug-likeness (QED) is 0.891. The molecule has 1 aliphatic rings. The molecule has 2 aromatic rings. The van der Waals surface area contributed by atoms with Gasteiger partial charge in [0.25, 0.3) is 0 Å². The predicted molar refractivity (Wildman–Crippen MR) is 87.0 cm³/mol. The van der Waals surface area contributed by atoms with Gasteiger partial charge in [-0.1, -0.05) is 54.6 Å². The van der Waals surface area contributed by atoms with Crippen molar-refractivity contribution in [2.24, 2.45) is 5.92 Å². The Hall–Kier alpha value is -2.13. The highest BCUT2D eigenvalue weighted by atomic mass is 16.4. The molecule has 0 amide bonds. The third-order valence-electron chi connectivity index (χ3n) is 4.49. The van der Waals surface area contributed by atoms with Gasteiger partial charge in [0.1, 0.15) is 0 Å². The molecule has 0 aliphatic heterocycles. The Morgan fingerprint density at radius 3 is 2.59 bits per heavy atom. The molecule has 2 atom stereocenters. The molecule has 22 heavy (non-hydrogen) atoms. The smallest absolute Gasteiger partial charge is 0.317 e. The Morgan fingerprint density at radius 2 is 1.82 bits per heavy atom. The first-order valence-corrected chi connectivity index (χ1v) is 7.81. The number of hydrogen-bond donors (Lipinski definition) is 2. The van der Waals surface area contributed by atoms with E-state index in [-0.39, 0.29) is 6.54 Å². The number of rotatable bonds is 5. The van der Waals surface area contributed by atoms with Crippen molar-refractivity contribution in [1.82, 2.24) is 5.32 Å². The first-order valence-electron chi connectivity index (χ1n) is 7.81. The molecular weight excluding hydrogens is 274 g/mol. The van der Waals surface area contributed by atoms with Gasteiger partial charge in [0.15, 0.2) is 0 Å². The van der Waals surface area contributed by atoms with Crippen LogP contribution in [0.15, 0.2) is 54.6 Å². The number of carboxylic acid groups (broad SMARTS) is 1. The van der Waals surface area contributed by atoms with Crippen molar-refractivity contribution in [2.75, 3.05) is 13.1 Å². The summed E-state index contributed by atoms with van der Waals surface area (Å²) in [6, 6.07) is 19.2. The van der Waals surface area contributed by atoms with Gasteiger partial charge in [0.05, 0.1) is 6.54 Å². The van der Waals surface area contributed by atoms with Gasteiger partial charge < -0.3 is 10.4 Å². The fourth-order valence-electron chi connectivity index (χ4n) is 3.52. The summed E-state index contributed by atoms with van der Waals surface area (Å²) in [6.45, 7) is 0.764. The number of hydrogen-bond acceptors (Lipinski definition) is 2. The summed E-state index contributed by atoms with van der Waals surface area (Å²) in [5.41, 5.74) is 4.13. The molecule has 2 N–H and O–H groups in total. The third-order valence-corrected chi connectivity index (χ3v) is 4.49. The zero-order valence-electron chi connectivity index (χ0n) is 12.5. The summed E-state index contributed by atoms with van der Waals surface area (Å²) in [5, 5.41) is 11.9. The van der Waals surface area contributed by atoms with Crippen molar-refractivity contribution in [3.05, 3.63) is 71.3 Å². The summed E-state index contributed by atoms with van der Waals surface area (Å²) in [4.78, 5) is 10.7.